The van der Waals surface area contributed by atoms with E-state index < -0.39 is 7.82 Å². The van der Waals surface area contributed by atoms with Crippen LogP contribution in [-0.4, -0.2) is 19.8 Å². The molecule has 4 nitrogen and oxygen atoms in total. The molecule has 0 rings (SSSR count). The van der Waals surface area contributed by atoms with Crippen LogP contribution in [0.4, 0.5) is 0 Å². The van der Waals surface area contributed by atoms with Gasteiger partial charge in [-0.25, -0.2) is 4.57 Å². The van der Waals surface area contributed by atoms with Crippen molar-refractivity contribution in [1.82, 2.24) is 0 Å². The standard InChI is InChI=1S/C12H27O4P.Y/c1-4-7-10-14-17(13,15-11-8-5-2)16-12-9-6-3;/h4-12H2,1-3H3;. The van der Waals surface area contributed by atoms with Crippen molar-refractivity contribution in [3.05, 3.63) is 0 Å². The second-order valence-electron chi connectivity index (χ2n) is 4.01. The minimum absolute atomic E-state index is 0. The maximum absolute atomic E-state index is 12.2. The van der Waals surface area contributed by atoms with Gasteiger partial charge in [0.2, 0.25) is 0 Å². The molecular formula is C12H27O4PY. The molecule has 0 amide bonds. The average Bonchev–Trinajstić information content (AvgIpc) is 2.30. The molecule has 107 valence electrons. The molecule has 0 aliphatic rings. The fraction of sp³-hybridized carbons (Fsp3) is 1.00. The van der Waals surface area contributed by atoms with Crippen molar-refractivity contribution in [3.63, 3.8) is 0 Å². The summed E-state index contributed by atoms with van der Waals surface area (Å²) >= 11 is 0. The van der Waals surface area contributed by atoms with E-state index in [1.54, 1.807) is 0 Å². The zero-order valence-electron chi connectivity index (χ0n) is 12.0. The van der Waals surface area contributed by atoms with Gasteiger partial charge in [-0.1, -0.05) is 40.0 Å². The molecule has 18 heavy (non-hydrogen) atoms. The summed E-state index contributed by atoms with van der Waals surface area (Å²) in [5.41, 5.74) is 0. The molecule has 0 fully saturated rings. The van der Waals surface area contributed by atoms with E-state index in [1.807, 2.05) is 0 Å². The van der Waals surface area contributed by atoms with E-state index in [0.29, 0.717) is 19.8 Å². The molecule has 0 saturated carbocycles. The maximum Gasteiger partial charge on any atom is 0.474 e. The van der Waals surface area contributed by atoms with E-state index in [1.165, 1.54) is 0 Å². The molecule has 0 unspecified atom stereocenters. The van der Waals surface area contributed by atoms with Crippen LogP contribution in [0.15, 0.2) is 0 Å². The van der Waals surface area contributed by atoms with Crippen LogP contribution in [0.1, 0.15) is 59.3 Å². The van der Waals surface area contributed by atoms with Crippen molar-refractivity contribution in [2.24, 2.45) is 0 Å². The summed E-state index contributed by atoms with van der Waals surface area (Å²) in [6, 6.07) is 0. The van der Waals surface area contributed by atoms with Gasteiger partial charge in [-0.3, -0.25) is 13.6 Å². The van der Waals surface area contributed by atoms with Gasteiger partial charge in [-0.15, -0.1) is 0 Å². The van der Waals surface area contributed by atoms with E-state index in [0.717, 1.165) is 38.5 Å². The third-order valence-corrected chi connectivity index (χ3v) is 3.74. The van der Waals surface area contributed by atoms with Gasteiger partial charge in [0.05, 0.1) is 19.8 Å². The van der Waals surface area contributed by atoms with Crippen molar-refractivity contribution >= 4 is 7.82 Å². The molecule has 0 spiro atoms. The van der Waals surface area contributed by atoms with Crippen LogP contribution in [0.25, 0.3) is 0 Å². The Morgan fingerprint density at radius 3 is 1.22 bits per heavy atom. The van der Waals surface area contributed by atoms with Crippen molar-refractivity contribution in [2.45, 2.75) is 59.3 Å². The number of hydrogen-bond donors (Lipinski definition) is 0. The molecule has 0 aliphatic carbocycles. The van der Waals surface area contributed by atoms with Gasteiger partial charge in [-0.05, 0) is 19.3 Å². The molecule has 0 heterocycles. The first-order valence-corrected chi connectivity index (χ1v) is 8.18. The molecular weight excluding hydrogens is 328 g/mol. The van der Waals surface area contributed by atoms with Crippen molar-refractivity contribution in [2.75, 3.05) is 19.8 Å². The third-order valence-electron chi connectivity index (χ3n) is 2.24. The predicted molar refractivity (Wildman–Crippen MR) is 70.2 cm³/mol. The van der Waals surface area contributed by atoms with Gasteiger partial charge in [0.15, 0.2) is 0 Å². The number of unbranched alkanes of at least 4 members (excludes halogenated alkanes) is 3. The minimum atomic E-state index is -3.31. The van der Waals surface area contributed by atoms with Crippen molar-refractivity contribution in [1.29, 1.82) is 0 Å². The van der Waals surface area contributed by atoms with Gasteiger partial charge >= 0.3 is 7.82 Å². The van der Waals surface area contributed by atoms with Crippen LogP contribution in [0, 0.1) is 0 Å². The van der Waals surface area contributed by atoms with E-state index >= 15 is 0 Å². The topological polar surface area (TPSA) is 44.8 Å². The minimum Gasteiger partial charge on any atom is -0.287 e. The van der Waals surface area contributed by atoms with E-state index in [9.17, 15) is 4.57 Å². The summed E-state index contributed by atoms with van der Waals surface area (Å²) in [5, 5.41) is 0. The van der Waals surface area contributed by atoms with Crippen LogP contribution in [0.5, 0.6) is 0 Å². The summed E-state index contributed by atoms with van der Waals surface area (Å²) in [7, 11) is -3.31. The number of phosphoric acid groups is 1. The van der Waals surface area contributed by atoms with Gasteiger partial charge in [-0.2, -0.15) is 0 Å². The fourth-order valence-corrected chi connectivity index (χ4v) is 2.36. The smallest absolute Gasteiger partial charge is 0.287 e. The Morgan fingerprint density at radius 2 is 1.00 bits per heavy atom. The SMILES string of the molecule is CCCCOP(=O)(OCCCC)OCCCC.[Y]. The Hall–Kier alpha value is 1.21. The average molecular weight is 355 g/mol. The molecule has 0 aromatic rings. The Morgan fingerprint density at radius 1 is 0.722 bits per heavy atom. The van der Waals surface area contributed by atoms with Crippen LogP contribution >= 0.6 is 7.82 Å². The van der Waals surface area contributed by atoms with Crippen LogP contribution < -0.4 is 0 Å². The molecule has 0 aliphatic heterocycles. The zero-order valence-corrected chi connectivity index (χ0v) is 15.8. The summed E-state index contributed by atoms with van der Waals surface area (Å²) in [5.74, 6) is 0. The fourth-order valence-electron chi connectivity index (χ4n) is 1.07. The summed E-state index contributed by atoms with van der Waals surface area (Å²) in [6.07, 6.45) is 5.63. The first-order chi connectivity index (χ1) is 8.18. The summed E-state index contributed by atoms with van der Waals surface area (Å²) in [6.45, 7) is 7.49. The molecule has 0 saturated heterocycles. The normalized spacial score (nSPS) is 11.3. The monoisotopic (exact) mass is 355 g/mol. The van der Waals surface area contributed by atoms with Crippen molar-refractivity contribution < 1.29 is 50.8 Å². The van der Waals surface area contributed by atoms with Crippen LogP contribution in [0.2, 0.25) is 0 Å². The number of rotatable bonds is 12. The van der Waals surface area contributed by atoms with Gasteiger partial charge in [0, 0.05) is 32.7 Å². The van der Waals surface area contributed by atoms with Gasteiger partial charge < -0.3 is 0 Å². The molecule has 0 aromatic carbocycles. The Balaban J connectivity index is 0. The van der Waals surface area contributed by atoms with E-state index in [4.69, 9.17) is 13.6 Å². The predicted octanol–water partition coefficient (Wildman–Crippen LogP) is 4.54. The summed E-state index contributed by atoms with van der Waals surface area (Å²) < 4.78 is 28.0. The first-order valence-electron chi connectivity index (χ1n) is 6.72. The van der Waals surface area contributed by atoms with Crippen LogP contribution in [-0.2, 0) is 50.8 Å². The molecule has 0 bridgehead atoms. The molecule has 1 radical (unpaired) electrons. The Kier molecular flexibility index (Phi) is 17.5. The van der Waals surface area contributed by atoms with Crippen LogP contribution in [0.3, 0.4) is 0 Å². The van der Waals surface area contributed by atoms with Crippen molar-refractivity contribution in [3.8, 4) is 0 Å². The summed E-state index contributed by atoms with van der Waals surface area (Å²) in [4.78, 5) is 0. The quantitative estimate of drug-likeness (QED) is 0.381. The second-order valence-corrected chi connectivity index (χ2v) is 5.68. The maximum atomic E-state index is 12.2. The van der Waals surface area contributed by atoms with E-state index in [-0.39, 0.29) is 32.7 Å². The zero-order chi connectivity index (χ0) is 13.0. The van der Waals surface area contributed by atoms with Gasteiger partial charge in [0.25, 0.3) is 0 Å². The molecule has 0 atom stereocenters. The first kappa shape index (κ1) is 21.5. The number of phosphoric ester groups is 1. The largest absolute Gasteiger partial charge is 0.474 e. The Labute approximate surface area is 137 Å². The van der Waals surface area contributed by atoms with Gasteiger partial charge in [0.1, 0.15) is 0 Å². The number of hydrogen-bond acceptors (Lipinski definition) is 4. The Bertz CT molecular complexity index is 181. The third kappa shape index (κ3) is 12.3. The molecule has 0 N–H and O–H groups in total. The van der Waals surface area contributed by atoms with E-state index in [2.05, 4.69) is 20.8 Å². The second kappa shape index (κ2) is 14.6. The molecule has 6 heteroatoms. The molecule has 0 aromatic heterocycles.